The van der Waals surface area contributed by atoms with E-state index in [-0.39, 0.29) is 25.0 Å². The predicted molar refractivity (Wildman–Crippen MR) is 142 cm³/mol. The first kappa shape index (κ1) is 30.3. The Morgan fingerprint density at radius 1 is 0.780 bits per heavy atom. The Morgan fingerprint density at radius 3 is 1.76 bits per heavy atom. The third-order valence-corrected chi connectivity index (χ3v) is 5.97. The van der Waals surface area contributed by atoms with E-state index in [2.05, 4.69) is 35.9 Å². The Hall–Kier alpha value is -5.25. The van der Waals surface area contributed by atoms with Crippen LogP contribution in [0, 0.1) is 0 Å². The topological polar surface area (TPSA) is 271 Å². The lowest BCUT2D eigenvalue weighted by molar-refractivity contribution is -0.142. The number of aromatic amines is 2. The first-order valence-electron chi connectivity index (χ1n) is 12.4. The number of carboxylic acid groups (broad SMARTS) is 1. The molecule has 11 N–H and O–H groups in total. The number of nitrogens with zero attached hydrogens (tertiary/aromatic N) is 2. The quantitative estimate of drug-likeness (QED) is 0.0936. The molecule has 0 aliphatic carbocycles. The Labute approximate surface area is 233 Å². The number of imidazole rings is 2. The number of phenolic OH excluding ortho intramolecular Hbond substituents is 1. The van der Waals surface area contributed by atoms with Crippen LogP contribution in [0.1, 0.15) is 23.4 Å². The summed E-state index contributed by atoms with van der Waals surface area (Å²) >= 11 is 0. The van der Waals surface area contributed by atoms with Crippen LogP contribution in [0.5, 0.6) is 5.75 Å². The molecule has 4 amide bonds. The zero-order valence-corrected chi connectivity index (χ0v) is 21.7. The molecule has 16 heteroatoms. The zero-order valence-electron chi connectivity index (χ0n) is 21.7. The van der Waals surface area contributed by atoms with Crippen molar-refractivity contribution in [3.63, 3.8) is 0 Å². The first-order valence-corrected chi connectivity index (χ1v) is 12.4. The lowest BCUT2D eigenvalue weighted by Crippen LogP contribution is -2.58. The summed E-state index contributed by atoms with van der Waals surface area (Å²) in [6, 6.07) is 0.623. The zero-order chi connectivity index (χ0) is 29.9. The fourth-order valence-electron chi connectivity index (χ4n) is 3.85. The summed E-state index contributed by atoms with van der Waals surface area (Å²) < 4.78 is 0. The van der Waals surface area contributed by atoms with E-state index in [9.17, 15) is 34.2 Å². The number of primary amides is 1. The van der Waals surface area contributed by atoms with Gasteiger partial charge in [-0.05, 0) is 17.7 Å². The molecule has 0 aliphatic rings. The fourth-order valence-corrected chi connectivity index (χ4v) is 3.85. The normalized spacial score (nSPS) is 13.8. The lowest BCUT2D eigenvalue weighted by atomic mass is 10.0. The second-order valence-corrected chi connectivity index (χ2v) is 9.23. The molecular formula is C25H31N9O7. The minimum atomic E-state index is -1.34. The third-order valence-electron chi connectivity index (χ3n) is 5.97. The van der Waals surface area contributed by atoms with E-state index in [0.29, 0.717) is 17.0 Å². The van der Waals surface area contributed by atoms with Crippen molar-refractivity contribution in [1.82, 2.24) is 35.9 Å². The van der Waals surface area contributed by atoms with Crippen LogP contribution >= 0.6 is 0 Å². The van der Waals surface area contributed by atoms with Gasteiger partial charge < -0.3 is 47.6 Å². The fraction of sp³-hybridized carbons (Fsp3) is 0.320. The highest BCUT2D eigenvalue weighted by Gasteiger charge is 2.31. The van der Waals surface area contributed by atoms with Gasteiger partial charge in [-0.25, -0.2) is 14.8 Å². The van der Waals surface area contributed by atoms with Crippen molar-refractivity contribution in [3.05, 3.63) is 66.3 Å². The first-order chi connectivity index (χ1) is 19.5. The minimum Gasteiger partial charge on any atom is -0.508 e. The Morgan fingerprint density at radius 2 is 1.27 bits per heavy atom. The van der Waals surface area contributed by atoms with E-state index in [1.54, 1.807) is 0 Å². The number of rotatable bonds is 15. The summed E-state index contributed by atoms with van der Waals surface area (Å²) in [6.07, 6.45) is 4.88. The number of aromatic nitrogens is 4. The van der Waals surface area contributed by atoms with Crippen LogP contribution < -0.4 is 27.4 Å². The van der Waals surface area contributed by atoms with E-state index in [4.69, 9.17) is 11.5 Å². The van der Waals surface area contributed by atoms with E-state index in [1.165, 1.54) is 49.3 Å². The van der Waals surface area contributed by atoms with Crippen molar-refractivity contribution in [2.75, 3.05) is 0 Å². The maximum Gasteiger partial charge on any atom is 0.326 e. The number of hydrogen-bond donors (Lipinski definition) is 9. The number of carbonyl (C=O) groups is 5. The van der Waals surface area contributed by atoms with Crippen LogP contribution in [0.2, 0.25) is 0 Å². The van der Waals surface area contributed by atoms with E-state index >= 15 is 0 Å². The Balaban J connectivity index is 1.82. The van der Waals surface area contributed by atoms with Gasteiger partial charge >= 0.3 is 5.97 Å². The molecule has 0 saturated carbocycles. The van der Waals surface area contributed by atoms with Gasteiger partial charge in [0.1, 0.15) is 23.9 Å². The van der Waals surface area contributed by atoms with Gasteiger partial charge in [0.15, 0.2) is 0 Å². The molecule has 0 bridgehead atoms. The molecule has 2 aromatic heterocycles. The van der Waals surface area contributed by atoms with E-state index in [1.807, 2.05) is 0 Å². The van der Waals surface area contributed by atoms with Crippen molar-refractivity contribution in [3.8, 4) is 5.75 Å². The van der Waals surface area contributed by atoms with Crippen LogP contribution in [0.25, 0.3) is 0 Å². The van der Waals surface area contributed by atoms with E-state index in [0.717, 1.165) is 0 Å². The SMILES string of the molecule is NC(=O)CC(N)C(=O)NC(Cc1ccc(O)cc1)C(=O)NC(Cc1cnc[nH]1)C(=O)NC(Cc1cnc[nH]1)C(=O)O. The summed E-state index contributed by atoms with van der Waals surface area (Å²) in [5.41, 5.74) is 12.4. The van der Waals surface area contributed by atoms with Crippen LogP contribution in [0.3, 0.4) is 0 Å². The summed E-state index contributed by atoms with van der Waals surface area (Å²) in [5.74, 6) is -4.56. The number of amides is 4. The van der Waals surface area contributed by atoms with Crippen LogP contribution in [-0.2, 0) is 43.2 Å². The molecule has 2 heterocycles. The summed E-state index contributed by atoms with van der Waals surface area (Å²) in [4.78, 5) is 75.8. The maximum absolute atomic E-state index is 13.5. The van der Waals surface area contributed by atoms with Gasteiger partial charge in [-0.2, -0.15) is 0 Å². The molecule has 218 valence electrons. The van der Waals surface area contributed by atoms with E-state index < -0.39 is 60.2 Å². The molecule has 3 aromatic rings. The van der Waals surface area contributed by atoms with Crippen molar-refractivity contribution in [2.45, 2.75) is 49.9 Å². The molecule has 4 unspecified atom stereocenters. The molecule has 0 saturated heterocycles. The number of H-pyrrole nitrogens is 2. The molecule has 4 atom stereocenters. The third kappa shape index (κ3) is 9.47. The maximum atomic E-state index is 13.5. The van der Waals surface area contributed by atoms with Crippen LogP contribution in [0.4, 0.5) is 0 Å². The van der Waals surface area contributed by atoms with Crippen molar-refractivity contribution >= 4 is 29.6 Å². The number of aromatic hydroxyl groups is 1. The second-order valence-electron chi connectivity index (χ2n) is 9.23. The molecule has 1 aromatic carbocycles. The number of phenols is 1. The van der Waals surface area contributed by atoms with Gasteiger partial charge in [-0.15, -0.1) is 0 Å². The number of nitrogens with one attached hydrogen (secondary N) is 5. The lowest BCUT2D eigenvalue weighted by Gasteiger charge is -2.25. The average Bonchev–Trinajstić information content (AvgIpc) is 3.62. The number of carbonyl (C=O) groups excluding carboxylic acids is 4. The van der Waals surface area contributed by atoms with Crippen LogP contribution in [-0.4, -0.2) is 83.9 Å². The van der Waals surface area contributed by atoms with Gasteiger partial charge in [0.05, 0.1) is 25.1 Å². The molecule has 16 nitrogen and oxygen atoms in total. The summed E-state index contributed by atoms with van der Waals surface area (Å²) in [5, 5.41) is 26.7. The van der Waals surface area contributed by atoms with Gasteiger partial charge in [0, 0.05) is 43.0 Å². The summed E-state index contributed by atoms with van der Waals surface area (Å²) in [6.45, 7) is 0. The number of benzene rings is 1. The largest absolute Gasteiger partial charge is 0.508 e. The molecule has 3 rings (SSSR count). The van der Waals surface area contributed by atoms with Gasteiger partial charge in [0.2, 0.25) is 23.6 Å². The highest BCUT2D eigenvalue weighted by Crippen LogP contribution is 2.12. The molecule has 41 heavy (non-hydrogen) atoms. The van der Waals surface area contributed by atoms with Gasteiger partial charge in [-0.1, -0.05) is 12.1 Å². The summed E-state index contributed by atoms with van der Waals surface area (Å²) in [7, 11) is 0. The molecule has 0 fully saturated rings. The second kappa shape index (κ2) is 14.2. The number of hydrogen-bond acceptors (Lipinski definition) is 9. The van der Waals surface area contributed by atoms with Crippen LogP contribution in [0.15, 0.2) is 49.3 Å². The monoisotopic (exact) mass is 569 g/mol. The Bertz CT molecular complexity index is 1330. The van der Waals surface area contributed by atoms with Gasteiger partial charge in [-0.3, -0.25) is 19.2 Å². The number of nitrogens with two attached hydrogens (primary N) is 2. The smallest absolute Gasteiger partial charge is 0.326 e. The standard InChI is InChI=1S/C25H31N9O7/c26-17(8-21(27)36)22(37)32-18(5-13-1-3-16(35)4-2-13)23(38)33-19(6-14-9-28-11-30-14)24(39)34-20(25(40)41)7-15-10-29-12-31-15/h1-4,9-12,17-20,35H,5-8,26H2,(H2,27,36)(H,28,30)(H,29,31)(H,32,37)(H,33,38)(H,34,39)(H,40,41). The highest BCUT2D eigenvalue weighted by atomic mass is 16.4. The Kier molecular flexibility index (Phi) is 10.5. The minimum absolute atomic E-state index is 0.0123. The highest BCUT2D eigenvalue weighted by molar-refractivity contribution is 5.95. The molecule has 0 radical (unpaired) electrons. The van der Waals surface area contributed by atoms with Crippen molar-refractivity contribution in [2.24, 2.45) is 11.5 Å². The van der Waals surface area contributed by atoms with Gasteiger partial charge in [0.25, 0.3) is 0 Å². The number of aliphatic carboxylic acids is 1. The molecule has 0 spiro atoms. The molecule has 0 aliphatic heterocycles. The molecular weight excluding hydrogens is 538 g/mol. The number of carboxylic acids is 1. The van der Waals surface area contributed by atoms with Crippen molar-refractivity contribution < 1.29 is 34.2 Å². The van der Waals surface area contributed by atoms with Crippen molar-refractivity contribution in [1.29, 1.82) is 0 Å². The average molecular weight is 570 g/mol. The predicted octanol–water partition coefficient (Wildman–Crippen LogP) is -2.39.